The van der Waals surface area contributed by atoms with Gasteiger partial charge in [0.25, 0.3) is 10.1 Å². The highest BCUT2D eigenvalue weighted by Gasteiger charge is 2.50. The van der Waals surface area contributed by atoms with Crippen LogP contribution in [-0.4, -0.2) is 17.7 Å². The van der Waals surface area contributed by atoms with Crippen molar-refractivity contribution in [2.75, 3.05) is 0 Å². The monoisotopic (exact) mass is 220 g/mol. The summed E-state index contributed by atoms with van der Waals surface area (Å²) in [6.07, 6.45) is 3.38. The van der Waals surface area contributed by atoms with E-state index in [1.807, 2.05) is 6.92 Å². The molecule has 1 N–H and O–H groups in total. The molecule has 84 valence electrons. The van der Waals surface area contributed by atoms with Crippen LogP contribution in [0.25, 0.3) is 0 Å². The topological polar surface area (TPSA) is 54.4 Å². The Kier molecular flexibility index (Phi) is 3.26. The number of hydrogen-bond acceptors (Lipinski definition) is 2. The molecular weight excluding hydrogens is 200 g/mol. The fourth-order valence-electron chi connectivity index (χ4n) is 2.76. The molecule has 0 saturated heterocycles. The molecule has 0 bridgehead atoms. The second-order valence-corrected chi connectivity index (χ2v) is 6.70. The summed E-state index contributed by atoms with van der Waals surface area (Å²) in [5.74, 6) is 0.524. The van der Waals surface area contributed by atoms with E-state index in [9.17, 15) is 13.0 Å². The molecule has 0 aliphatic heterocycles. The van der Waals surface area contributed by atoms with Crippen LogP contribution in [0.5, 0.6) is 0 Å². The van der Waals surface area contributed by atoms with Crippen molar-refractivity contribution in [3.63, 3.8) is 0 Å². The quantitative estimate of drug-likeness (QED) is 0.743. The Hall–Kier alpha value is -0.0900. The lowest BCUT2D eigenvalue weighted by molar-refractivity contribution is 0.359. The van der Waals surface area contributed by atoms with Crippen molar-refractivity contribution in [2.45, 2.75) is 51.2 Å². The highest BCUT2D eigenvalue weighted by Crippen LogP contribution is 2.46. The van der Waals surface area contributed by atoms with Crippen LogP contribution in [0.4, 0.5) is 0 Å². The molecule has 0 aromatic rings. The molecule has 0 radical (unpaired) electrons. The van der Waals surface area contributed by atoms with E-state index in [2.05, 4.69) is 6.92 Å². The van der Waals surface area contributed by atoms with Crippen LogP contribution in [0, 0.1) is 11.8 Å². The minimum Gasteiger partial charge on any atom is -0.285 e. The molecule has 0 spiro atoms. The maximum atomic E-state index is 11.3. The highest BCUT2D eigenvalue weighted by atomic mass is 32.2. The zero-order chi connectivity index (χ0) is 11.0. The van der Waals surface area contributed by atoms with Crippen molar-refractivity contribution in [1.82, 2.24) is 0 Å². The Morgan fingerprint density at radius 2 is 2.07 bits per heavy atom. The van der Waals surface area contributed by atoms with Crippen molar-refractivity contribution >= 4 is 10.1 Å². The van der Waals surface area contributed by atoms with Crippen LogP contribution in [0.3, 0.4) is 0 Å². The van der Waals surface area contributed by atoms with E-state index in [-0.39, 0.29) is 5.92 Å². The summed E-state index contributed by atoms with van der Waals surface area (Å²) in [4.78, 5) is 0. The Balaban J connectivity index is 2.95. The molecule has 1 aliphatic rings. The first-order valence-electron chi connectivity index (χ1n) is 5.28. The smallest absolute Gasteiger partial charge is 0.270 e. The van der Waals surface area contributed by atoms with Crippen LogP contribution in [0.2, 0.25) is 0 Å². The Labute approximate surface area is 86.6 Å². The van der Waals surface area contributed by atoms with Crippen molar-refractivity contribution in [3.8, 4) is 0 Å². The fraction of sp³-hybridized carbons (Fsp3) is 1.00. The summed E-state index contributed by atoms with van der Waals surface area (Å²) in [6.45, 7) is 5.79. The molecule has 1 aliphatic carbocycles. The molecule has 0 aromatic carbocycles. The number of hydrogen-bond donors (Lipinski definition) is 1. The van der Waals surface area contributed by atoms with E-state index >= 15 is 0 Å². The van der Waals surface area contributed by atoms with Crippen molar-refractivity contribution in [2.24, 2.45) is 11.8 Å². The zero-order valence-electron chi connectivity index (χ0n) is 9.16. The Bertz CT molecular complexity index is 296. The molecule has 0 amide bonds. The zero-order valence-corrected chi connectivity index (χ0v) is 9.97. The van der Waals surface area contributed by atoms with Gasteiger partial charge in [0.2, 0.25) is 0 Å². The van der Waals surface area contributed by atoms with E-state index in [4.69, 9.17) is 0 Å². The van der Waals surface area contributed by atoms with Crippen molar-refractivity contribution in [1.29, 1.82) is 0 Å². The highest BCUT2D eigenvalue weighted by molar-refractivity contribution is 7.87. The standard InChI is InChI=1S/C10H20O3S/c1-4-5-9-6-8(2)7-10(9,3)14(11,12)13/h8-9H,4-7H2,1-3H3,(H,11,12,13). The summed E-state index contributed by atoms with van der Waals surface area (Å²) in [6, 6.07) is 0. The van der Waals surface area contributed by atoms with E-state index in [1.54, 1.807) is 6.92 Å². The molecule has 3 atom stereocenters. The predicted octanol–water partition coefficient (Wildman–Crippen LogP) is 2.48. The maximum Gasteiger partial charge on any atom is 0.270 e. The van der Waals surface area contributed by atoms with E-state index in [0.717, 1.165) is 19.3 Å². The van der Waals surface area contributed by atoms with Gasteiger partial charge in [0, 0.05) is 0 Å². The van der Waals surface area contributed by atoms with Gasteiger partial charge in [-0.1, -0.05) is 20.3 Å². The molecule has 1 fully saturated rings. The fourth-order valence-corrected chi connectivity index (χ4v) is 3.89. The summed E-state index contributed by atoms with van der Waals surface area (Å²) < 4.78 is 31.0. The van der Waals surface area contributed by atoms with Gasteiger partial charge in [-0.2, -0.15) is 8.42 Å². The van der Waals surface area contributed by atoms with Crippen LogP contribution >= 0.6 is 0 Å². The van der Waals surface area contributed by atoms with E-state index < -0.39 is 14.9 Å². The van der Waals surface area contributed by atoms with Crippen LogP contribution in [-0.2, 0) is 10.1 Å². The minimum absolute atomic E-state index is 0.123. The van der Waals surface area contributed by atoms with E-state index in [1.165, 1.54) is 0 Å². The van der Waals surface area contributed by atoms with Crippen LogP contribution in [0.1, 0.15) is 46.5 Å². The lowest BCUT2D eigenvalue weighted by Gasteiger charge is -2.27. The molecule has 3 nitrogen and oxygen atoms in total. The maximum absolute atomic E-state index is 11.3. The van der Waals surface area contributed by atoms with Gasteiger partial charge in [0.15, 0.2) is 0 Å². The first kappa shape index (κ1) is 12.0. The summed E-state index contributed by atoms with van der Waals surface area (Å²) in [5, 5.41) is 0. The molecular formula is C10H20O3S. The molecule has 1 saturated carbocycles. The summed E-state index contributed by atoms with van der Waals surface area (Å²) in [7, 11) is -3.91. The van der Waals surface area contributed by atoms with Crippen LogP contribution in [0.15, 0.2) is 0 Å². The number of rotatable bonds is 3. The third kappa shape index (κ3) is 1.96. The van der Waals surface area contributed by atoms with Gasteiger partial charge in [-0.3, -0.25) is 4.55 Å². The molecule has 0 aromatic heterocycles. The Morgan fingerprint density at radius 3 is 2.50 bits per heavy atom. The molecule has 14 heavy (non-hydrogen) atoms. The third-order valence-electron chi connectivity index (χ3n) is 3.53. The van der Waals surface area contributed by atoms with Gasteiger partial charge in [-0.25, -0.2) is 0 Å². The summed E-state index contributed by atoms with van der Waals surface area (Å²) in [5.41, 5.74) is 0. The van der Waals surface area contributed by atoms with Crippen molar-refractivity contribution in [3.05, 3.63) is 0 Å². The van der Waals surface area contributed by atoms with Crippen molar-refractivity contribution < 1.29 is 13.0 Å². The average molecular weight is 220 g/mol. The first-order valence-corrected chi connectivity index (χ1v) is 6.72. The van der Waals surface area contributed by atoms with Gasteiger partial charge in [0.05, 0.1) is 4.75 Å². The predicted molar refractivity (Wildman–Crippen MR) is 56.7 cm³/mol. The van der Waals surface area contributed by atoms with Crippen LogP contribution < -0.4 is 0 Å². The van der Waals surface area contributed by atoms with Gasteiger partial charge >= 0.3 is 0 Å². The first-order chi connectivity index (χ1) is 6.31. The average Bonchev–Trinajstić information content (AvgIpc) is 2.27. The minimum atomic E-state index is -3.91. The van der Waals surface area contributed by atoms with E-state index in [0.29, 0.717) is 12.3 Å². The molecule has 4 heteroatoms. The lowest BCUT2D eigenvalue weighted by Crippen LogP contribution is -2.38. The van der Waals surface area contributed by atoms with Gasteiger partial charge in [0.1, 0.15) is 0 Å². The second-order valence-electron chi connectivity index (χ2n) is 4.82. The molecule has 1 rings (SSSR count). The third-order valence-corrected chi connectivity index (χ3v) is 5.21. The Morgan fingerprint density at radius 1 is 1.50 bits per heavy atom. The normalized spacial score (nSPS) is 38.9. The summed E-state index contributed by atoms with van der Waals surface area (Å²) >= 11 is 0. The van der Waals surface area contributed by atoms with Gasteiger partial charge in [-0.15, -0.1) is 0 Å². The lowest BCUT2D eigenvalue weighted by atomic mass is 9.92. The van der Waals surface area contributed by atoms with Gasteiger partial charge in [-0.05, 0) is 38.0 Å². The largest absolute Gasteiger partial charge is 0.285 e. The van der Waals surface area contributed by atoms with Gasteiger partial charge < -0.3 is 0 Å². The molecule has 0 heterocycles. The second kappa shape index (κ2) is 3.81. The SMILES string of the molecule is CCCC1CC(C)CC1(C)S(=O)(=O)O. The molecule has 3 unspecified atom stereocenters.